The molecule has 1 atom stereocenters. The van der Waals surface area contributed by atoms with Gasteiger partial charge in [-0.05, 0) is 46.1 Å². The minimum Gasteiger partial charge on any atom is -0.207 e. The molecule has 0 radical (unpaired) electrons. The molecule has 2 rings (SSSR count). The van der Waals surface area contributed by atoms with E-state index in [1.165, 1.54) is 12.1 Å². The molecule has 4 heteroatoms. The Morgan fingerprint density at radius 2 is 1.72 bits per heavy atom. The summed E-state index contributed by atoms with van der Waals surface area (Å²) in [6, 6.07) is 11.1. The predicted octanol–water partition coefficient (Wildman–Crippen LogP) is 5.25. The Bertz CT molecular complexity index is 540. The van der Waals surface area contributed by atoms with Crippen molar-refractivity contribution in [3.63, 3.8) is 0 Å². The first-order valence-electron chi connectivity index (χ1n) is 5.40. The first-order chi connectivity index (χ1) is 8.58. The zero-order valence-electron chi connectivity index (χ0n) is 9.34. The fraction of sp³-hybridized carbons (Fsp3) is 0.143. The van der Waals surface area contributed by atoms with Crippen LogP contribution in [0, 0.1) is 11.6 Å². The molecule has 0 bridgehead atoms. The maximum atomic E-state index is 13.8. The summed E-state index contributed by atoms with van der Waals surface area (Å²) in [5.74, 6) is -0.641. The van der Waals surface area contributed by atoms with Crippen LogP contribution in [0.15, 0.2) is 46.9 Å². The Morgan fingerprint density at radius 1 is 1.06 bits per heavy atom. The minimum atomic E-state index is -0.479. The van der Waals surface area contributed by atoms with Crippen LogP contribution in [0.5, 0.6) is 0 Å². The largest absolute Gasteiger partial charge is 0.207 e. The molecule has 0 aliphatic rings. The summed E-state index contributed by atoms with van der Waals surface area (Å²) in [4.78, 5) is 0. The van der Waals surface area contributed by atoms with E-state index in [1.807, 2.05) is 0 Å². The number of halogens is 4. The van der Waals surface area contributed by atoms with E-state index in [9.17, 15) is 8.78 Å². The van der Waals surface area contributed by atoms with E-state index in [1.54, 1.807) is 30.3 Å². The summed E-state index contributed by atoms with van der Waals surface area (Å²) >= 11 is 9.33. The van der Waals surface area contributed by atoms with E-state index in [0.717, 1.165) is 5.56 Å². The first kappa shape index (κ1) is 13.5. The number of rotatable bonds is 3. The molecule has 1 unspecified atom stereocenters. The minimum absolute atomic E-state index is 0.293. The Hall–Kier alpha value is -0.930. The molecule has 0 saturated carbocycles. The normalized spacial score (nSPS) is 12.4. The van der Waals surface area contributed by atoms with E-state index in [0.29, 0.717) is 16.5 Å². The summed E-state index contributed by atoms with van der Waals surface area (Å²) in [6.45, 7) is 0. The van der Waals surface area contributed by atoms with Gasteiger partial charge in [0, 0.05) is 5.56 Å². The lowest BCUT2D eigenvalue weighted by Crippen LogP contribution is -1.99. The van der Waals surface area contributed by atoms with Crippen LogP contribution in [-0.2, 0) is 6.42 Å². The van der Waals surface area contributed by atoms with Gasteiger partial charge in [-0.1, -0.05) is 24.3 Å². The first-order valence-corrected chi connectivity index (χ1v) is 6.63. The van der Waals surface area contributed by atoms with Gasteiger partial charge in [-0.25, -0.2) is 8.78 Å². The second-order valence-electron chi connectivity index (χ2n) is 3.94. The quantitative estimate of drug-likeness (QED) is 0.674. The molecule has 0 heterocycles. The molecule has 2 aromatic rings. The molecule has 94 valence electrons. The van der Waals surface area contributed by atoms with Crippen LogP contribution in [0.2, 0.25) is 0 Å². The molecule has 0 nitrogen and oxygen atoms in total. The lowest BCUT2D eigenvalue weighted by Gasteiger charge is -2.11. The zero-order valence-corrected chi connectivity index (χ0v) is 11.7. The van der Waals surface area contributed by atoms with Crippen molar-refractivity contribution in [1.29, 1.82) is 0 Å². The molecule has 2 aromatic carbocycles. The van der Waals surface area contributed by atoms with Crippen molar-refractivity contribution < 1.29 is 8.78 Å². The van der Waals surface area contributed by atoms with Crippen molar-refractivity contribution in [2.24, 2.45) is 0 Å². The van der Waals surface area contributed by atoms with Gasteiger partial charge < -0.3 is 0 Å². The highest BCUT2D eigenvalue weighted by atomic mass is 79.9. The van der Waals surface area contributed by atoms with Gasteiger partial charge in [0.25, 0.3) is 0 Å². The average Bonchev–Trinajstić information content (AvgIpc) is 2.35. The van der Waals surface area contributed by atoms with Gasteiger partial charge in [-0.15, -0.1) is 11.6 Å². The third-order valence-electron chi connectivity index (χ3n) is 2.65. The van der Waals surface area contributed by atoms with Crippen LogP contribution in [-0.4, -0.2) is 0 Å². The van der Waals surface area contributed by atoms with Gasteiger partial charge in [-0.3, -0.25) is 0 Å². The second kappa shape index (κ2) is 5.81. The van der Waals surface area contributed by atoms with Gasteiger partial charge in [-0.2, -0.15) is 0 Å². The third-order valence-corrected chi connectivity index (χ3v) is 3.65. The summed E-state index contributed by atoms with van der Waals surface area (Å²) in [7, 11) is 0. The summed E-state index contributed by atoms with van der Waals surface area (Å²) in [6.07, 6.45) is 0.454. The molecule has 0 fully saturated rings. The Labute approximate surface area is 118 Å². The number of hydrogen-bond donors (Lipinski definition) is 0. The molecule has 0 N–H and O–H groups in total. The van der Waals surface area contributed by atoms with E-state index in [4.69, 9.17) is 11.6 Å². The molecular weight excluding hydrogens is 322 g/mol. The highest BCUT2D eigenvalue weighted by Gasteiger charge is 2.15. The number of benzene rings is 2. The van der Waals surface area contributed by atoms with E-state index < -0.39 is 5.38 Å². The van der Waals surface area contributed by atoms with Crippen molar-refractivity contribution in [1.82, 2.24) is 0 Å². The Kier molecular flexibility index (Phi) is 4.36. The lowest BCUT2D eigenvalue weighted by molar-refractivity contribution is 0.599. The van der Waals surface area contributed by atoms with Gasteiger partial charge in [0.1, 0.15) is 11.6 Å². The van der Waals surface area contributed by atoms with Gasteiger partial charge in [0.05, 0.1) is 9.85 Å². The average molecular weight is 332 g/mol. The highest BCUT2D eigenvalue weighted by molar-refractivity contribution is 9.10. The fourth-order valence-electron chi connectivity index (χ4n) is 1.70. The zero-order chi connectivity index (χ0) is 13.1. The van der Waals surface area contributed by atoms with Crippen LogP contribution < -0.4 is 0 Å². The molecule has 0 spiro atoms. The van der Waals surface area contributed by atoms with Crippen LogP contribution in [0.3, 0.4) is 0 Å². The van der Waals surface area contributed by atoms with Gasteiger partial charge >= 0.3 is 0 Å². The van der Waals surface area contributed by atoms with Gasteiger partial charge in [0.2, 0.25) is 0 Å². The fourth-order valence-corrected chi connectivity index (χ4v) is 2.43. The van der Waals surface area contributed by atoms with Crippen LogP contribution in [0.1, 0.15) is 16.5 Å². The third kappa shape index (κ3) is 3.09. The van der Waals surface area contributed by atoms with Crippen LogP contribution in [0.25, 0.3) is 0 Å². The maximum Gasteiger partial charge on any atom is 0.142 e. The number of hydrogen-bond acceptors (Lipinski definition) is 0. The van der Waals surface area contributed by atoms with E-state index in [-0.39, 0.29) is 11.6 Å². The lowest BCUT2D eigenvalue weighted by atomic mass is 10.0. The summed E-state index contributed by atoms with van der Waals surface area (Å²) in [5.41, 5.74) is 1.31. The van der Waals surface area contributed by atoms with Crippen molar-refractivity contribution in [3.8, 4) is 0 Å². The molecule has 0 aliphatic carbocycles. The molecule has 0 aromatic heterocycles. The standard InChI is InChI=1S/C14H10BrClF2/c15-12-3-1-2-11(14(12)18)13(16)8-9-4-6-10(17)7-5-9/h1-7,13H,8H2. The summed E-state index contributed by atoms with van der Waals surface area (Å²) in [5, 5.41) is -0.479. The molecule has 18 heavy (non-hydrogen) atoms. The Balaban J connectivity index is 2.19. The summed E-state index contributed by atoms with van der Waals surface area (Å²) < 4.78 is 27.0. The van der Waals surface area contributed by atoms with Crippen molar-refractivity contribution in [3.05, 3.63) is 69.7 Å². The van der Waals surface area contributed by atoms with Crippen molar-refractivity contribution >= 4 is 27.5 Å². The SMILES string of the molecule is Fc1ccc(CC(Cl)c2cccc(Br)c2F)cc1. The highest BCUT2D eigenvalue weighted by Crippen LogP contribution is 2.30. The molecule has 0 amide bonds. The predicted molar refractivity (Wildman–Crippen MR) is 72.8 cm³/mol. The van der Waals surface area contributed by atoms with Gasteiger partial charge in [0.15, 0.2) is 0 Å². The van der Waals surface area contributed by atoms with E-state index in [2.05, 4.69) is 15.9 Å². The topological polar surface area (TPSA) is 0 Å². The Morgan fingerprint density at radius 3 is 2.39 bits per heavy atom. The molecule has 0 saturated heterocycles. The van der Waals surface area contributed by atoms with Crippen molar-refractivity contribution in [2.75, 3.05) is 0 Å². The smallest absolute Gasteiger partial charge is 0.142 e. The van der Waals surface area contributed by atoms with Crippen molar-refractivity contribution in [2.45, 2.75) is 11.8 Å². The van der Waals surface area contributed by atoms with Crippen LogP contribution in [0.4, 0.5) is 8.78 Å². The molecular formula is C14H10BrClF2. The maximum absolute atomic E-state index is 13.8. The number of alkyl halides is 1. The van der Waals surface area contributed by atoms with Crippen LogP contribution >= 0.6 is 27.5 Å². The second-order valence-corrected chi connectivity index (χ2v) is 5.32. The van der Waals surface area contributed by atoms with E-state index >= 15 is 0 Å². The molecule has 0 aliphatic heterocycles. The monoisotopic (exact) mass is 330 g/mol.